The first-order valence-corrected chi connectivity index (χ1v) is 12.4. The number of aromatic nitrogens is 1. The fourth-order valence-electron chi connectivity index (χ4n) is 3.79. The highest BCUT2D eigenvalue weighted by Crippen LogP contribution is 2.33. The number of nitrogens with one attached hydrogen (secondary N) is 1. The Morgan fingerprint density at radius 2 is 1.92 bits per heavy atom. The molecule has 1 aliphatic heterocycles. The molecule has 1 fully saturated rings. The van der Waals surface area contributed by atoms with E-state index in [2.05, 4.69) is 20.2 Å². The highest BCUT2D eigenvalue weighted by molar-refractivity contribution is 7.14. The van der Waals surface area contributed by atoms with E-state index in [0.29, 0.717) is 40.2 Å². The number of nitrogens with two attached hydrogens (primary N) is 1. The van der Waals surface area contributed by atoms with E-state index in [9.17, 15) is 4.39 Å². The molecular weight excluding hydrogens is 485 g/mol. The van der Waals surface area contributed by atoms with Crippen molar-refractivity contribution in [2.75, 3.05) is 59.0 Å². The van der Waals surface area contributed by atoms with Gasteiger partial charge in [-0.05, 0) is 24.3 Å². The third-order valence-electron chi connectivity index (χ3n) is 5.66. The molecule has 3 aromatic rings. The van der Waals surface area contributed by atoms with E-state index in [1.807, 2.05) is 23.6 Å². The number of methoxy groups -OCH3 is 2. The molecule has 0 bridgehead atoms. The average molecular weight is 516 g/mol. The summed E-state index contributed by atoms with van der Waals surface area (Å²) in [6.45, 7) is 4.63. The second-order valence-electron chi connectivity index (χ2n) is 7.95. The fourth-order valence-corrected chi connectivity index (χ4v) is 4.51. The highest BCUT2D eigenvalue weighted by atomic mass is 32.1. The van der Waals surface area contributed by atoms with Crippen molar-refractivity contribution in [1.29, 1.82) is 0 Å². The van der Waals surface area contributed by atoms with Gasteiger partial charge in [0, 0.05) is 36.6 Å². The molecule has 1 aliphatic rings. The van der Waals surface area contributed by atoms with Crippen LogP contribution in [-0.4, -0.2) is 69.5 Å². The van der Waals surface area contributed by atoms with Gasteiger partial charge in [0.15, 0.2) is 11.1 Å². The number of nitrogens with zero attached hydrogens (tertiary/aromatic N) is 3. The summed E-state index contributed by atoms with van der Waals surface area (Å²) in [5, 5.41) is 5.43. The van der Waals surface area contributed by atoms with Gasteiger partial charge in [0.25, 0.3) is 0 Å². The summed E-state index contributed by atoms with van der Waals surface area (Å²) in [7, 11) is 3.19. The topological polar surface area (TPSA) is 103 Å². The summed E-state index contributed by atoms with van der Waals surface area (Å²) >= 11 is 1.37. The zero-order valence-electron chi connectivity index (χ0n) is 20.3. The van der Waals surface area contributed by atoms with Crippen molar-refractivity contribution in [2.24, 2.45) is 10.7 Å². The van der Waals surface area contributed by atoms with Crippen LogP contribution in [0.25, 0.3) is 11.3 Å². The molecule has 36 heavy (non-hydrogen) atoms. The second-order valence-corrected chi connectivity index (χ2v) is 8.81. The van der Waals surface area contributed by atoms with Gasteiger partial charge in [-0.25, -0.2) is 14.4 Å². The number of aliphatic imine (C=N–C) groups is 1. The molecule has 1 saturated heterocycles. The Morgan fingerprint density at radius 1 is 1.17 bits per heavy atom. The van der Waals surface area contributed by atoms with Gasteiger partial charge in [-0.3, -0.25) is 4.90 Å². The molecule has 1 aromatic heterocycles. The standard InChI is InChI=1S/C25H30FN5O4S/c1-32-21-4-3-5-22(33-2)19(21)15-28-24(27)30-25-29-20(16-36-25)18-7-6-17(26)14-23(18)35-13-10-31-8-11-34-12-9-31/h3-7,14,16H,8-13,15H2,1-2H3,(H3,27,28,29,30). The fraction of sp³-hybridized carbons (Fsp3) is 0.360. The van der Waals surface area contributed by atoms with Crippen molar-refractivity contribution in [3.05, 3.63) is 53.2 Å². The molecule has 192 valence electrons. The Morgan fingerprint density at radius 3 is 2.64 bits per heavy atom. The molecule has 2 heterocycles. The number of morpholine rings is 1. The van der Waals surface area contributed by atoms with Crippen LogP contribution >= 0.6 is 11.3 Å². The van der Waals surface area contributed by atoms with Crippen molar-refractivity contribution >= 4 is 22.4 Å². The molecule has 0 atom stereocenters. The van der Waals surface area contributed by atoms with Gasteiger partial charge < -0.3 is 30.0 Å². The zero-order chi connectivity index (χ0) is 25.3. The maximum absolute atomic E-state index is 14.0. The maximum atomic E-state index is 14.0. The molecule has 3 N–H and O–H groups in total. The lowest BCUT2D eigenvalue weighted by atomic mass is 10.1. The third-order valence-corrected chi connectivity index (χ3v) is 6.42. The van der Waals surface area contributed by atoms with E-state index in [1.165, 1.54) is 23.5 Å². The van der Waals surface area contributed by atoms with Crippen LogP contribution in [0.3, 0.4) is 0 Å². The lowest BCUT2D eigenvalue weighted by Crippen LogP contribution is -2.38. The number of halogens is 1. The molecule has 11 heteroatoms. The maximum Gasteiger partial charge on any atom is 0.195 e. The lowest BCUT2D eigenvalue weighted by molar-refractivity contribution is 0.0322. The largest absolute Gasteiger partial charge is 0.496 e. The second kappa shape index (κ2) is 12.5. The average Bonchev–Trinajstić information content (AvgIpc) is 3.36. The van der Waals surface area contributed by atoms with E-state index in [0.717, 1.165) is 38.4 Å². The lowest BCUT2D eigenvalue weighted by Gasteiger charge is -2.26. The SMILES string of the molecule is COc1cccc(OC)c1CN=C(N)Nc1nc(-c2ccc(F)cc2OCCN2CCOCC2)cs1. The Labute approximate surface area is 213 Å². The normalized spacial score (nSPS) is 14.5. The number of hydrogen-bond acceptors (Lipinski definition) is 8. The molecule has 0 radical (unpaired) electrons. The van der Waals surface area contributed by atoms with Crippen LogP contribution in [0.5, 0.6) is 17.2 Å². The Balaban J connectivity index is 1.42. The minimum Gasteiger partial charge on any atom is -0.496 e. The Bertz CT molecular complexity index is 1160. The summed E-state index contributed by atoms with van der Waals surface area (Å²) in [4.78, 5) is 11.3. The summed E-state index contributed by atoms with van der Waals surface area (Å²) in [5.41, 5.74) is 8.26. The zero-order valence-corrected chi connectivity index (χ0v) is 21.1. The number of thiazole rings is 1. The van der Waals surface area contributed by atoms with Crippen LogP contribution in [0.15, 0.2) is 46.8 Å². The first-order chi connectivity index (χ1) is 17.6. The summed E-state index contributed by atoms with van der Waals surface area (Å²) in [6, 6.07) is 9.98. The molecular formula is C25H30FN5O4S. The number of anilines is 1. The van der Waals surface area contributed by atoms with Crippen LogP contribution in [0, 0.1) is 5.82 Å². The first kappa shape index (κ1) is 25.7. The first-order valence-electron chi connectivity index (χ1n) is 11.5. The van der Waals surface area contributed by atoms with Crippen LogP contribution < -0.4 is 25.3 Å². The van der Waals surface area contributed by atoms with Gasteiger partial charge in [-0.15, -0.1) is 11.3 Å². The number of benzene rings is 2. The predicted octanol–water partition coefficient (Wildman–Crippen LogP) is 3.60. The Kier molecular flexibility index (Phi) is 8.93. The number of ether oxygens (including phenoxy) is 4. The van der Waals surface area contributed by atoms with Crippen molar-refractivity contribution in [3.63, 3.8) is 0 Å². The minimum atomic E-state index is -0.364. The van der Waals surface area contributed by atoms with Gasteiger partial charge in [-0.2, -0.15) is 0 Å². The monoisotopic (exact) mass is 515 g/mol. The molecule has 9 nitrogen and oxygen atoms in total. The molecule has 0 saturated carbocycles. The van der Waals surface area contributed by atoms with Crippen molar-refractivity contribution in [2.45, 2.75) is 6.54 Å². The van der Waals surface area contributed by atoms with Gasteiger partial charge in [0.2, 0.25) is 0 Å². The number of rotatable bonds is 10. The molecule has 0 unspecified atom stereocenters. The predicted molar refractivity (Wildman–Crippen MR) is 139 cm³/mol. The van der Waals surface area contributed by atoms with Crippen molar-refractivity contribution < 1.29 is 23.3 Å². The van der Waals surface area contributed by atoms with Crippen LogP contribution in [0.1, 0.15) is 5.56 Å². The molecule has 0 spiro atoms. The van der Waals surface area contributed by atoms with Crippen LogP contribution in [-0.2, 0) is 11.3 Å². The quantitative estimate of drug-likeness (QED) is 0.312. The van der Waals surface area contributed by atoms with E-state index in [1.54, 1.807) is 20.3 Å². The third kappa shape index (κ3) is 6.62. The Hall–Kier alpha value is -3.41. The smallest absolute Gasteiger partial charge is 0.195 e. The van der Waals surface area contributed by atoms with Gasteiger partial charge >= 0.3 is 0 Å². The van der Waals surface area contributed by atoms with E-state index < -0.39 is 0 Å². The number of hydrogen-bond donors (Lipinski definition) is 2. The molecule has 2 aromatic carbocycles. The number of guanidine groups is 1. The van der Waals surface area contributed by atoms with Gasteiger partial charge in [0.05, 0.1) is 45.2 Å². The van der Waals surface area contributed by atoms with Crippen LogP contribution in [0.2, 0.25) is 0 Å². The molecule has 4 rings (SSSR count). The van der Waals surface area contributed by atoms with E-state index in [-0.39, 0.29) is 18.3 Å². The van der Waals surface area contributed by atoms with Gasteiger partial charge in [-0.1, -0.05) is 6.07 Å². The van der Waals surface area contributed by atoms with E-state index >= 15 is 0 Å². The van der Waals surface area contributed by atoms with Crippen LogP contribution in [0.4, 0.5) is 9.52 Å². The summed E-state index contributed by atoms with van der Waals surface area (Å²) < 4.78 is 36.1. The van der Waals surface area contributed by atoms with Crippen molar-refractivity contribution in [3.8, 4) is 28.5 Å². The summed E-state index contributed by atoms with van der Waals surface area (Å²) in [5.74, 6) is 1.62. The van der Waals surface area contributed by atoms with E-state index in [4.69, 9.17) is 24.7 Å². The molecule has 0 aliphatic carbocycles. The molecule has 0 amide bonds. The van der Waals surface area contributed by atoms with Crippen molar-refractivity contribution in [1.82, 2.24) is 9.88 Å². The van der Waals surface area contributed by atoms with Gasteiger partial charge in [0.1, 0.15) is 29.7 Å². The summed E-state index contributed by atoms with van der Waals surface area (Å²) in [6.07, 6.45) is 0. The minimum absolute atomic E-state index is 0.199. The highest BCUT2D eigenvalue weighted by Gasteiger charge is 2.15.